The fourth-order valence-corrected chi connectivity index (χ4v) is 3.57. The van der Waals surface area contributed by atoms with Gasteiger partial charge in [-0.25, -0.2) is 4.98 Å². The van der Waals surface area contributed by atoms with Gasteiger partial charge < -0.3 is 4.42 Å². The van der Waals surface area contributed by atoms with E-state index in [1.807, 2.05) is 54.6 Å². The van der Waals surface area contributed by atoms with Gasteiger partial charge in [-0.2, -0.15) is 4.68 Å². The summed E-state index contributed by atoms with van der Waals surface area (Å²) in [6, 6.07) is 17.4. The first-order valence-electron chi connectivity index (χ1n) is 6.44. The quantitative estimate of drug-likeness (QED) is 0.530. The van der Waals surface area contributed by atoms with Crippen LogP contribution in [0.5, 0.6) is 0 Å². The number of tetrazole rings is 1. The van der Waals surface area contributed by atoms with E-state index in [0.29, 0.717) is 10.4 Å². The molecule has 0 spiro atoms. The lowest BCUT2D eigenvalue weighted by atomic mass is 10.3. The first kappa shape index (κ1) is 13.4. The minimum absolute atomic E-state index is 0.578. The minimum Gasteiger partial charge on any atom is -0.431 e. The third-order valence-electron chi connectivity index (χ3n) is 2.90. The van der Waals surface area contributed by atoms with Crippen LogP contribution in [-0.4, -0.2) is 25.2 Å². The molecule has 0 N–H and O–H groups in total. The van der Waals surface area contributed by atoms with Crippen molar-refractivity contribution in [2.24, 2.45) is 0 Å². The third kappa shape index (κ3) is 2.58. The van der Waals surface area contributed by atoms with Gasteiger partial charge in [-0.3, -0.25) is 0 Å². The number of oxazole rings is 1. The van der Waals surface area contributed by atoms with Crippen LogP contribution in [0.1, 0.15) is 0 Å². The molecule has 6 nitrogen and oxygen atoms in total. The summed E-state index contributed by atoms with van der Waals surface area (Å²) in [7, 11) is 2.79. The second-order valence-electron chi connectivity index (χ2n) is 4.32. The van der Waals surface area contributed by atoms with Crippen molar-refractivity contribution in [2.75, 3.05) is 0 Å². The molecule has 4 aromatic rings. The molecule has 0 aliphatic heterocycles. The van der Waals surface area contributed by atoms with Crippen molar-refractivity contribution in [1.29, 1.82) is 0 Å². The van der Waals surface area contributed by atoms with Gasteiger partial charge in [-0.05, 0) is 45.5 Å². The Labute approximate surface area is 133 Å². The fraction of sp³-hybridized carbons (Fsp3) is 0. The topological polar surface area (TPSA) is 69.6 Å². The van der Waals surface area contributed by atoms with Gasteiger partial charge in [0, 0.05) is 10.8 Å². The third-order valence-corrected chi connectivity index (χ3v) is 4.83. The van der Waals surface area contributed by atoms with Gasteiger partial charge >= 0.3 is 0 Å². The molecule has 22 heavy (non-hydrogen) atoms. The van der Waals surface area contributed by atoms with Crippen molar-refractivity contribution in [3.05, 3.63) is 54.6 Å². The Morgan fingerprint density at radius 2 is 1.73 bits per heavy atom. The number of nitrogens with zero attached hydrogens (tertiary/aromatic N) is 5. The molecule has 0 atom stereocenters. The second-order valence-corrected chi connectivity index (χ2v) is 6.37. The van der Waals surface area contributed by atoms with Crippen LogP contribution in [0.2, 0.25) is 0 Å². The van der Waals surface area contributed by atoms with Crippen LogP contribution in [0.25, 0.3) is 16.8 Å². The lowest BCUT2D eigenvalue weighted by Crippen LogP contribution is -1.97. The monoisotopic (exact) mass is 327 g/mol. The van der Waals surface area contributed by atoms with Crippen LogP contribution in [-0.2, 0) is 0 Å². The molecule has 0 saturated carbocycles. The summed E-state index contributed by atoms with van der Waals surface area (Å²) < 4.78 is 7.35. The van der Waals surface area contributed by atoms with Crippen molar-refractivity contribution >= 4 is 32.7 Å². The SMILES string of the molecule is c1ccc(-n2nnnc2SSc2nc3ccccc3o2)cc1. The zero-order valence-corrected chi connectivity index (χ0v) is 12.8. The highest BCUT2D eigenvalue weighted by molar-refractivity contribution is 8.76. The minimum atomic E-state index is 0.578. The van der Waals surface area contributed by atoms with E-state index in [2.05, 4.69) is 20.5 Å². The van der Waals surface area contributed by atoms with E-state index in [-0.39, 0.29) is 0 Å². The van der Waals surface area contributed by atoms with Crippen LogP contribution in [0.15, 0.2) is 69.4 Å². The van der Waals surface area contributed by atoms with E-state index in [9.17, 15) is 0 Å². The first-order valence-corrected chi connectivity index (χ1v) is 8.59. The summed E-state index contributed by atoms with van der Waals surface area (Å²) in [6.45, 7) is 0. The molecule has 0 unspecified atom stereocenters. The van der Waals surface area contributed by atoms with E-state index < -0.39 is 0 Å². The molecule has 0 aliphatic carbocycles. The molecule has 108 valence electrons. The lowest BCUT2D eigenvalue weighted by molar-refractivity contribution is 0.491. The normalized spacial score (nSPS) is 11.1. The summed E-state index contributed by atoms with van der Waals surface area (Å²) >= 11 is 0. The predicted molar refractivity (Wildman–Crippen MR) is 84.9 cm³/mol. The summed E-state index contributed by atoms with van der Waals surface area (Å²) in [5.41, 5.74) is 2.52. The summed E-state index contributed by atoms with van der Waals surface area (Å²) in [6.07, 6.45) is 0. The molecule has 2 heterocycles. The van der Waals surface area contributed by atoms with Crippen molar-refractivity contribution in [2.45, 2.75) is 10.4 Å². The maximum Gasteiger partial charge on any atom is 0.268 e. The highest BCUT2D eigenvalue weighted by atomic mass is 33.1. The summed E-state index contributed by atoms with van der Waals surface area (Å²) in [5.74, 6) is 0. The van der Waals surface area contributed by atoms with Crippen LogP contribution >= 0.6 is 21.6 Å². The van der Waals surface area contributed by atoms with Crippen molar-refractivity contribution < 1.29 is 4.42 Å². The number of benzene rings is 2. The Morgan fingerprint density at radius 3 is 2.59 bits per heavy atom. The molecule has 0 aliphatic rings. The summed E-state index contributed by atoms with van der Waals surface area (Å²) in [4.78, 5) is 4.41. The standard InChI is InChI=1S/C14H9N5OS2/c1-2-6-10(7-3-1)19-13(16-17-18-19)21-22-14-15-11-8-4-5-9-12(11)20-14/h1-9H. The van der Waals surface area contributed by atoms with Gasteiger partial charge in [0.1, 0.15) is 5.52 Å². The van der Waals surface area contributed by atoms with Gasteiger partial charge in [-0.15, -0.1) is 5.10 Å². The molecule has 4 rings (SSSR count). The molecule has 0 bridgehead atoms. The summed E-state index contributed by atoms with van der Waals surface area (Å²) in [5, 5.41) is 13.0. The Balaban J connectivity index is 1.56. The highest BCUT2D eigenvalue weighted by Gasteiger charge is 2.12. The van der Waals surface area contributed by atoms with Crippen LogP contribution in [0.3, 0.4) is 0 Å². The predicted octanol–water partition coefficient (Wildman–Crippen LogP) is 3.60. The number of rotatable bonds is 4. The van der Waals surface area contributed by atoms with Crippen LogP contribution in [0.4, 0.5) is 0 Å². The second kappa shape index (κ2) is 5.82. The van der Waals surface area contributed by atoms with Crippen LogP contribution in [0, 0.1) is 0 Å². The molecule has 0 saturated heterocycles. The number of para-hydroxylation sites is 3. The zero-order chi connectivity index (χ0) is 14.8. The number of fused-ring (bicyclic) bond motifs is 1. The maximum atomic E-state index is 5.67. The largest absolute Gasteiger partial charge is 0.431 e. The highest BCUT2D eigenvalue weighted by Crippen LogP contribution is 2.37. The van der Waals surface area contributed by atoms with Gasteiger partial charge in [0.25, 0.3) is 5.22 Å². The van der Waals surface area contributed by atoms with Gasteiger partial charge in [0.15, 0.2) is 5.58 Å². The average molecular weight is 327 g/mol. The van der Waals surface area contributed by atoms with Crippen LogP contribution < -0.4 is 0 Å². The molecule has 0 fully saturated rings. The molecular formula is C14H9N5OS2. The number of hydrogen-bond donors (Lipinski definition) is 0. The smallest absolute Gasteiger partial charge is 0.268 e. The fourth-order valence-electron chi connectivity index (χ4n) is 1.92. The lowest BCUT2D eigenvalue weighted by Gasteiger charge is -2.01. The Morgan fingerprint density at radius 1 is 0.909 bits per heavy atom. The Hall–Kier alpha value is -2.32. The zero-order valence-electron chi connectivity index (χ0n) is 11.2. The Bertz CT molecular complexity index is 873. The van der Waals surface area contributed by atoms with Crippen molar-refractivity contribution in [3.8, 4) is 5.69 Å². The van der Waals surface area contributed by atoms with E-state index in [1.54, 1.807) is 4.68 Å². The molecular weight excluding hydrogens is 318 g/mol. The molecule has 2 aromatic carbocycles. The van der Waals surface area contributed by atoms with Gasteiger partial charge in [-0.1, -0.05) is 30.3 Å². The van der Waals surface area contributed by atoms with E-state index in [4.69, 9.17) is 4.42 Å². The van der Waals surface area contributed by atoms with Crippen molar-refractivity contribution in [1.82, 2.24) is 25.2 Å². The molecule has 0 radical (unpaired) electrons. The first-order chi connectivity index (χ1) is 10.9. The van der Waals surface area contributed by atoms with Gasteiger partial charge in [0.05, 0.1) is 5.69 Å². The van der Waals surface area contributed by atoms with E-state index in [0.717, 1.165) is 16.8 Å². The number of hydrogen-bond acceptors (Lipinski definition) is 7. The molecule has 2 aromatic heterocycles. The number of aromatic nitrogens is 5. The van der Waals surface area contributed by atoms with Crippen molar-refractivity contribution in [3.63, 3.8) is 0 Å². The van der Waals surface area contributed by atoms with Gasteiger partial charge in [0.2, 0.25) is 5.16 Å². The molecule has 0 amide bonds. The van der Waals surface area contributed by atoms with E-state index >= 15 is 0 Å². The molecule has 8 heteroatoms. The Kier molecular flexibility index (Phi) is 3.53. The maximum absolute atomic E-state index is 5.67. The van der Waals surface area contributed by atoms with E-state index in [1.165, 1.54) is 21.6 Å². The average Bonchev–Trinajstić information content (AvgIpc) is 3.20.